The van der Waals surface area contributed by atoms with Gasteiger partial charge in [-0.2, -0.15) is 5.10 Å². The summed E-state index contributed by atoms with van der Waals surface area (Å²) in [5, 5.41) is 12.8. The molecule has 0 bridgehead atoms. The number of anilines is 2. The Kier molecular flexibility index (Phi) is 10.7. The fourth-order valence-electron chi connectivity index (χ4n) is 6.67. The molecule has 1 aliphatic carbocycles. The maximum Gasteiger partial charge on any atom is 0.410 e. The Bertz CT molecular complexity index is 2000. The van der Waals surface area contributed by atoms with E-state index < -0.39 is 5.60 Å². The number of carbonyl (C=O) groups is 2. The fourth-order valence-corrected chi connectivity index (χ4v) is 7.15. The number of amides is 2. The van der Waals surface area contributed by atoms with E-state index in [4.69, 9.17) is 24.3 Å². The Balaban J connectivity index is 1.41. The molecule has 0 spiro atoms. The number of aromatic nitrogens is 3. The van der Waals surface area contributed by atoms with Gasteiger partial charge < -0.3 is 29.7 Å². The Morgan fingerprint density at radius 2 is 1.84 bits per heavy atom. The lowest BCUT2D eigenvalue weighted by molar-refractivity contribution is -0.113. The molecular formula is C39H45BrN6O5. The van der Waals surface area contributed by atoms with Crippen LogP contribution in [-0.2, 0) is 16.1 Å². The maximum absolute atomic E-state index is 13.3. The summed E-state index contributed by atoms with van der Waals surface area (Å²) in [5.74, 6) is 1.98. The van der Waals surface area contributed by atoms with Crippen LogP contribution in [0.1, 0.15) is 70.7 Å². The lowest BCUT2D eigenvalue weighted by Crippen LogP contribution is -2.43. The van der Waals surface area contributed by atoms with Gasteiger partial charge in [0.2, 0.25) is 0 Å². The van der Waals surface area contributed by atoms with E-state index >= 15 is 0 Å². The Morgan fingerprint density at radius 1 is 1.06 bits per heavy atom. The summed E-state index contributed by atoms with van der Waals surface area (Å²) in [7, 11) is 3.27. The largest absolute Gasteiger partial charge is 0.497 e. The number of halogens is 1. The zero-order chi connectivity index (χ0) is 36.3. The van der Waals surface area contributed by atoms with Crippen LogP contribution < -0.4 is 20.1 Å². The smallest absolute Gasteiger partial charge is 0.410 e. The molecule has 1 saturated heterocycles. The second kappa shape index (κ2) is 15.2. The van der Waals surface area contributed by atoms with Crippen molar-refractivity contribution < 1.29 is 23.8 Å². The number of methoxy groups -OCH3 is 2. The number of pyridine rings is 1. The molecule has 2 amide bonds. The molecule has 4 aromatic rings. The van der Waals surface area contributed by atoms with Gasteiger partial charge in [-0.25, -0.2) is 9.78 Å². The summed E-state index contributed by atoms with van der Waals surface area (Å²) in [6.07, 6.45) is 6.38. The van der Waals surface area contributed by atoms with Crippen LogP contribution in [0.25, 0.3) is 16.5 Å². The van der Waals surface area contributed by atoms with E-state index in [-0.39, 0.29) is 18.0 Å². The Labute approximate surface area is 307 Å². The van der Waals surface area contributed by atoms with Gasteiger partial charge in [0.1, 0.15) is 22.9 Å². The maximum atomic E-state index is 13.3. The molecular weight excluding hydrogens is 712 g/mol. The van der Waals surface area contributed by atoms with Crippen LogP contribution in [0.3, 0.4) is 0 Å². The van der Waals surface area contributed by atoms with E-state index in [0.717, 1.165) is 61.9 Å². The molecule has 0 saturated carbocycles. The molecule has 1 aliphatic heterocycles. The predicted molar refractivity (Wildman–Crippen MR) is 203 cm³/mol. The third-order valence-corrected chi connectivity index (χ3v) is 9.72. The van der Waals surface area contributed by atoms with Crippen LogP contribution in [0.2, 0.25) is 0 Å². The number of fused-ring (bicyclic) bond motifs is 1. The second-order valence-corrected chi connectivity index (χ2v) is 14.7. The van der Waals surface area contributed by atoms with E-state index in [1.165, 1.54) is 0 Å². The molecule has 2 N–H and O–H groups in total. The number of rotatable bonds is 9. The molecule has 1 atom stereocenters. The number of ether oxygens (including phenoxy) is 3. The fraction of sp³-hybridized carbons (Fsp3) is 0.385. The molecule has 51 heavy (non-hydrogen) atoms. The third-order valence-electron chi connectivity index (χ3n) is 9.14. The highest BCUT2D eigenvalue weighted by Crippen LogP contribution is 2.41. The molecule has 268 valence electrons. The van der Waals surface area contributed by atoms with E-state index in [1.54, 1.807) is 25.3 Å². The van der Waals surface area contributed by atoms with E-state index in [9.17, 15) is 9.59 Å². The number of benzene rings is 2. The molecule has 6 rings (SSSR count). The van der Waals surface area contributed by atoms with Gasteiger partial charge in [-0.1, -0.05) is 24.3 Å². The van der Waals surface area contributed by atoms with Crippen molar-refractivity contribution in [2.45, 2.75) is 71.6 Å². The normalized spacial score (nSPS) is 16.5. The molecule has 0 radical (unpaired) electrons. The summed E-state index contributed by atoms with van der Waals surface area (Å²) in [5.41, 5.74) is 5.43. The van der Waals surface area contributed by atoms with Gasteiger partial charge in [0.15, 0.2) is 0 Å². The number of allylic oxidation sites excluding steroid dienone is 3. The zero-order valence-electron chi connectivity index (χ0n) is 30.0. The van der Waals surface area contributed by atoms with Crippen molar-refractivity contribution in [3.8, 4) is 11.5 Å². The van der Waals surface area contributed by atoms with Crippen molar-refractivity contribution in [2.24, 2.45) is 0 Å². The first-order valence-corrected chi connectivity index (χ1v) is 18.0. The van der Waals surface area contributed by atoms with Crippen LogP contribution in [0.15, 0.2) is 76.4 Å². The quantitative estimate of drug-likeness (QED) is 0.175. The molecule has 12 heteroatoms. The summed E-state index contributed by atoms with van der Waals surface area (Å²) < 4.78 is 19.7. The van der Waals surface area contributed by atoms with Crippen molar-refractivity contribution in [3.05, 3.63) is 87.7 Å². The number of likely N-dealkylation sites (tertiary alicyclic amines) is 1. The number of para-hydroxylation sites is 1. The molecule has 2 aromatic carbocycles. The van der Waals surface area contributed by atoms with Gasteiger partial charge in [-0.3, -0.25) is 9.48 Å². The molecule has 3 heterocycles. The molecule has 0 unspecified atom stereocenters. The van der Waals surface area contributed by atoms with Crippen molar-refractivity contribution in [1.82, 2.24) is 19.7 Å². The first kappa shape index (κ1) is 36.0. The summed E-state index contributed by atoms with van der Waals surface area (Å²) in [4.78, 5) is 33.1. The van der Waals surface area contributed by atoms with Crippen molar-refractivity contribution >= 4 is 55.9 Å². The van der Waals surface area contributed by atoms with Gasteiger partial charge in [-0.15, -0.1) is 0 Å². The predicted octanol–water partition coefficient (Wildman–Crippen LogP) is 8.53. The second-order valence-electron chi connectivity index (χ2n) is 13.9. The van der Waals surface area contributed by atoms with Gasteiger partial charge in [-0.05, 0) is 105 Å². The highest BCUT2D eigenvalue weighted by Gasteiger charge is 2.32. The third kappa shape index (κ3) is 8.06. The average molecular weight is 758 g/mol. The summed E-state index contributed by atoms with van der Waals surface area (Å²) >= 11 is 3.80. The number of hydrogen-bond acceptors (Lipinski definition) is 8. The van der Waals surface area contributed by atoms with Gasteiger partial charge in [0.05, 0.1) is 41.3 Å². The van der Waals surface area contributed by atoms with Crippen LogP contribution in [0.4, 0.5) is 16.3 Å². The standard InChI is InChI=1S/C39H45BrN6O5/c1-24-19-25(15-17-30(24)37(47)43-27-11-8-7-9-12-27)34-33-35(46(44-34)28-13-10-18-45(23-28)38(48)51-39(2,3)4)31(40)22-42-36(33)41-21-26-14-16-29(49-5)20-32(26)50-6/h7-9,11-12,14,16,19-20,22,28H,10,13,15,17-18,21,23H2,1-6H3,(H,41,42)(H,43,47)/t28-/m1/s1. The topological polar surface area (TPSA) is 120 Å². The molecule has 2 aliphatic rings. The minimum Gasteiger partial charge on any atom is -0.497 e. The van der Waals surface area contributed by atoms with Crippen LogP contribution in [-0.4, -0.2) is 64.6 Å². The van der Waals surface area contributed by atoms with E-state index in [2.05, 4.69) is 32.6 Å². The highest BCUT2D eigenvalue weighted by atomic mass is 79.9. The summed E-state index contributed by atoms with van der Waals surface area (Å²) in [6, 6.07) is 15.1. The summed E-state index contributed by atoms with van der Waals surface area (Å²) in [6.45, 7) is 9.15. The first-order valence-electron chi connectivity index (χ1n) is 17.2. The van der Waals surface area contributed by atoms with Crippen LogP contribution in [0.5, 0.6) is 11.5 Å². The lowest BCUT2D eigenvalue weighted by Gasteiger charge is -2.34. The molecule has 11 nitrogen and oxygen atoms in total. The van der Waals surface area contributed by atoms with Crippen molar-refractivity contribution in [2.75, 3.05) is 37.9 Å². The number of hydrogen-bond donors (Lipinski definition) is 2. The van der Waals surface area contributed by atoms with E-state index in [1.807, 2.05) is 80.9 Å². The minimum absolute atomic E-state index is 0.0937. The van der Waals surface area contributed by atoms with Gasteiger partial charge >= 0.3 is 6.09 Å². The lowest BCUT2D eigenvalue weighted by atomic mass is 9.90. The first-order chi connectivity index (χ1) is 24.5. The van der Waals surface area contributed by atoms with Crippen molar-refractivity contribution in [1.29, 1.82) is 0 Å². The molecule has 2 aromatic heterocycles. The average Bonchev–Trinajstić information content (AvgIpc) is 3.53. The SMILES string of the molecule is COc1ccc(CNc2ncc(Br)c3c2c(C2=CC(C)=C(C(=O)Nc4ccccc4)CC2)nn3[C@@H]2CCCN(C(=O)OC(C)(C)C)C2)c(OC)c1. The van der Waals surface area contributed by atoms with Gasteiger partial charge in [0.25, 0.3) is 5.91 Å². The number of nitrogens with one attached hydrogen (secondary N) is 2. The van der Waals surface area contributed by atoms with Gasteiger partial charge in [0, 0.05) is 48.7 Å². The minimum atomic E-state index is -0.590. The van der Waals surface area contributed by atoms with E-state index in [0.29, 0.717) is 49.8 Å². The van der Waals surface area contributed by atoms with Crippen LogP contribution >= 0.6 is 15.9 Å². The monoisotopic (exact) mass is 756 g/mol. The Hall–Kier alpha value is -4.84. The zero-order valence-corrected chi connectivity index (χ0v) is 31.6. The van der Waals surface area contributed by atoms with Crippen molar-refractivity contribution in [3.63, 3.8) is 0 Å². The number of carbonyl (C=O) groups excluding carboxylic acids is 2. The number of piperidine rings is 1. The number of nitrogens with zero attached hydrogens (tertiary/aromatic N) is 4. The van der Waals surface area contributed by atoms with Crippen LogP contribution in [0, 0.1) is 0 Å². The highest BCUT2D eigenvalue weighted by molar-refractivity contribution is 9.10. The Morgan fingerprint density at radius 3 is 2.55 bits per heavy atom. The molecule has 1 fully saturated rings.